The summed E-state index contributed by atoms with van der Waals surface area (Å²) < 4.78 is 5.36. The molecule has 0 radical (unpaired) electrons. The summed E-state index contributed by atoms with van der Waals surface area (Å²) in [5.41, 5.74) is 2.47. The molecule has 0 N–H and O–H groups in total. The summed E-state index contributed by atoms with van der Waals surface area (Å²) in [5.74, 6) is 0.859. The highest BCUT2D eigenvalue weighted by molar-refractivity contribution is 8.13. The second kappa shape index (κ2) is 8.12. The van der Waals surface area contributed by atoms with Crippen LogP contribution in [0.4, 0.5) is 5.69 Å². The topological polar surface area (TPSA) is 29.5 Å². The van der Waals surface area contributed by atoms with E-state index in [1.807, 2.05) is 0 Å². The van der Waals surface area contributed by atoms with Crippen LogP contribution in [0.1, 0.15) is 18.9 Å². The first-order valence-corrected chi connectivity index (χ1v) is 7.97. The molecular formula is C16H21NO2S. The van der Waals surface area contributed by atoms with E-state index in [-0.39, 0.29) is 5.12 Å². The van der Waals surface area contributed by atoms with Gasteiger partial charge >= 0.3 is 0 Å². The maximum absolute atomic E-state index is 10.8. The molecule has 0 saturated carbocycles. The third-order valence-electron chi connectivity index (χ3n) is 3.17. The number of nitrogens with zero attached hydrogens (tertiary/aromatic N) is 1. The molecule has 0 aromatic heterocycles. The molecule has 2 rings (SSSR count). The minimum atomic E-state index is 0.188. The van der Waals surface area contributed by atoms with Crippen molar-refractivity contribution in [2.24, 2.45) is 0 Å². The molecule has 1 aromatic rings. The zero-order valence-corrected chi connectivity index (χ0v) is 12.7. The molecule has 1 aliphatic heterocycles. The fourth-order valence-electron chi connectivity index (χ4n) is 2.11. The van der Waals surface area contributed by atoms with Crippen LogP contribution in [0.2, 0.25) is 0 Å². The van der Waals surface area contributed by atoms with Crippen molar-refractivity contribution in [2.45, 2.75) is 13.3 Å². The number of morpholine rings is 1. The molecular weight excluding hydrogens is 270 g/mol. The number of allylic oxidation sites excluding steroid dienone is 1. The zero-order valence-electron chi connectivity index (χ0n) is 11.9. The third kappa shape index (κ3) is 5.02. The lowest BCUT2D eigenvalue weighted by Gasteiger charge is -2.28. The monoisotopic (exact) mass is 291 g/mol. The van der Waals surface area contributed by atoms with Crippen LogP contribution in [0.3, 0.4) is 0 Å². The Morgan fingerprint density at radius 1 is 1.30 bits per heavy atom. The van der Waals surface area contributed by atoms with Gasteiger partial charge in [0, 0.05) is 31.5 Å². The predicted octanol–water partition coefficient (Wildman–Crippen LogP) is 3.21. The van der Waals surface area contributed by atoms with Gasteiger partial charge in [-0.3, -0.25) is 4.79 Å². The van der Waals surface area contributed by atoms with E-state index in [9.17, 15) is 4.79 Å². The van der Waals surface area contributed by atoms with Crippen LogP contribution in [0.5, 0.6) is 0 Å². The molecule has 0 atom stereocenters. The summed E-state index contributed by atoms with van der Waals surface area (Å²) >= 11 is 1.38. The third-order valence-corrected chi connectivity index (χ3v) is 4.02. The van der Waals surface area contributed by atoms with Gasteiger partial charge in [0.2, 0.25) is 0 Å². The Morgan fingerprint density at radius 2 is 2.00 bits per heavy atom. The van der Waals surface area contributed by atoms with Crippen LogP contribution in [0.15, 0.2) is 30.3 Å². The molecule has 20 heavy (non-hydrogen) atoms. The first-order chi connectivity index (χ1) is 9.75. The largest absolute Gasteiger partial charge is 0.378 e. The number of anilines is 1. The van der Waals surface area contributed by atoms with Crippen LogP contribution in [0, 0.1) is 0 Å². The average molecular weight is 291 g/mol. The van der Waals surface area contributed by atoms with E-state index >= 15 is 0 Å². The number of carbonyl (C=O) groups excluding carboxylic acids is 1. The van der Waals surface area contributed by atoms with Crippen LogP contribution < -0.4 is 4.90 Å². The summed E-state index contributed by atoms with van der Waals surface area (Å²) in [7, 11) is 0. The smallest absolute Gasteiger partial charge is 0.185 e. The van der Waals surface area contributed by atoms with Crippen molar-refractivity contribution >= 4 is 28.6 Å². The molecule has 1 heterocycles. The molecule has 1 aromatic carbocycles. The first-order valence-electron chi connectivity index (χ1n) is 6.98. The minimum Gasteiger partial charge on any atom is -0.378 e. The maximum Gasteiger partial charge on any atom is 0.185 e. The molecule has 1 aliphatic rings. The molecule has 0 aliphatic carbocycles. The zero-order chi connectivity index (χ0) is 14.2. The highest BCUT2D eigenvalue weighted by Gasteiger charge is 2.10. The van der Waals surface area contributed by atoms with Crippen molar-refractivity contribution in [1.29, 1.82) is 0 Å². The van der Waals surface area contributed by atoms with Crippen molar-refractivity contribution in [3.63, 3.8) is 0 Å². The second-order valence-electron chi connectivity index (χ2n) is 4.72. The van der Waals surface area contributed by atoms with E-state index in [0.717, 1.165) is 38.5 Å². The van der Waals surface area contributed by atoms with Gasteiger partial charge in [0.1, 0.15) is 0 Å². The van der Waals surface area contributed by atoms with Crippen molar-refractivity contribution in [3.05, 3.63) is 35.9 Å². The van der Waals surface area contributed by atoms with E-state index in [4.69, 9.17) is 4.74 Å². The Kier molecular flexibility index (Phi) is 6.15. The lowest BCUT2D eigenvalue weighted by molar-refractivity contribution is -0.109. The molecule has 0 bridgehead atoms. The first kappa shape index (κ1) is 15.1. The summed E-state index contributed by atoms with van der Waals surface area (Å²) in [5, 5.41) is 0.188. The highest BCUT2D eigenvalue weighted by Crippen LogP contribution is 2.17. The van der Waals surface area contributed by atoms with Crippen LogP contribution >= 0.6 is 11.8 Å². The lowest BCUT2D eigenvalue weighted by Crippen LogP contribution is -2.36. The number of ether oxygens (including phenoxy) is 1. The molecule has 108 valence electrons. The quantitative estimate of drug-likeness (QED) is 0.779. The van der Waals surface area contributed by atoms with E-state index in [1.54, 1.807) is 6.92 Å². The Labute approximate surface area is 125 Å². The number of rotatable bonds is 5. The van der Waals surface area contributed by atoms with E-state index < -0.39 is 0 Å². The van der Waals surface area contributed by atoms with Crippen LogP contribution in [-0.4, -0.2) is 37.2 Å². The second-order valence-corrected chi connectivity index (χ2v) is 5.99. The lowest BCUT2D eigenvalue weighted by atomic mass is 10.1. The number of hydrogen-bond donors (Lipinski definition) is 0. The highest BCUT2D eigenvalue weighted by atomic mass is 32.2. The summed E-state index contributed by atoms with van der Waals surface area (Å²) in [6.45, 7) is 5.18. The molecule has 3 nitrogen and oxygen atoms in total. The van der Waals surface area contributed by atoms with Gasteiger partial charge in [0.05, 0.1) is 13.2 Å². The van der Waals surface area contributed by atoms with Crippen molar-refractivity contribution in [3.8, 4) is 0 Å². The Balaban J connectivity index is 1.81. The fraction of sp³-hybridized carbons (Fsp3) is 0.438. The number of benzene rings is 1. The normalized spacial score (nSPS) is 15.8. The number of carbonyl (C=O) groups is 1. The van der Waals surface area contributed by atoms with Gasteiger partial charge in [-0.15, -0.1) is 0 Å². The molecule has 1 saturated heterocycles. The Bertz CT molecular complexity index is 450. The van der Waals surface area contributed by atoms with Gasteiger partial charge in [0.25, 0.3) is 0 Å². The van der Waals surface area contributed by atoms with Crippen molar-refractivity contribution in [1.82, 2.24) is 0 Å². The van der Waals surface area contributed by atoms with Gasteiger partial charge in [-0.2, -0.15) is 0 Å². The van der Waals surface area contributed by atoms with Crippen molar-refractivity contribution < 1.29 is 9.53 Å². The standard InChI is InChI=1S/C16H21NO2S/c1-14(18)20-13-3-2-4-15-5-7-16(8-6-15)17-9-11-19-12-10-17/h2,4-8H,3,9-13H2,1H3. The molecule has 1 fully saturated rings. The minimum absolute atomic E-state index is 0.188. The number of thioether (sulfide) groups is 1. The van der Waals surface area contributed by atoms with E-state index in [1.165, 1.54) is 23.0 Å². The van der Waals surface area contributed by atoms with Crippen molar-refractivity contribution in [2.75, 3.05) is 37.0 Å². The maximum atomic E-state index is 10.8. The van der Waals surface area contributed by atoms with Crippen LogP contribution in [-0.2, 0) is 9.53 Å². The van der Waals surface area contributed by atoms with E-state index in [2.05, 4.69) is 41.3 Å². The average Bonchev–Trinajstić information content (AvgIpc) is 2.48. The Morgan fingerprint density at radius 3 is 2.65 bits per heavy atom. The van der Waals surface area contributed by atoms with E-state index in [0.29, 0.717) is 0 Å². The Hall–Kier alpha value is -1.26. The summed E-state index contributed by atoms with van der Waals surface area (Å²) in [6, 6.07) is 8.60. The van der Waals surface area contributed by atoms with Gasteiger partial charge in [0.15, 0.2) is 5.12 Å². The van der Waals surface area contributed by atoms with Gasteiger partial charge in [-0.1, -0.05) is 36.0 Å². The fourth-order valence-corrected chi connectivity index (χ4v) is 2.65. The molecule has 0 spiro atoms. The summed E-state index contributed by atoms with van der Waals surface area (Å²) in [4.78, 5) is 13.1. The molecule has 4 heteroatoms. The molecule has 0 unspecified atom stereocenters. The van der Waals surface area contributed by atoms with Gasteiger partial charge in [-0.25, -0.2) is 0 Å². The molecule has 0 amide bonds. The van der Waals surface area contributed by atoms with Crippen LogP contribution in [0.25, 0.3) is 6.08 Å². The summed E-state index contributed by atoms with van der Waals surface area (Å²) in [6.07, 6.45) is 5.17. The SMILES string of the molecule is CC(=O)SCCC=Cc1ccc(N2CCOCC2)cc1. The van der Waals surface area contributed by atoms with Gasteiger partial charge in [-0.05, 0) is 24.1 Å². The number of hydrogen-bond acceptors (Lipinski definition) is 4. The predicted molar refractivity (Wildman–Crippen MR) is 86.3 cm³/mol. The van der Waals surface area contributed by atoms with Gasteiger partial charge < -0.3 is 9.64 Å².